The first-order chi connectivity index (χ1) is 15.9. The molecule has 1 aliphatic rings. The summed E-state index contributed by atoms with van der Waals surface area (Å²) in [5, 5.41) is 9.83. The number of benzene rings is 5. The molecule has 0 unspecified atom stereocenters. The monoisotopic (exact) mass is 411 g/mol. The molecule has 32 heavy (non-hydrogen) atoms. The number of nitrogens with zero attached hydrogens (tertiary/aromatic N) is 1. The van der Waals surface area contributed by atoms with E-state index in [4.69, 9.17) is 0 Å². The predicted octanol–water partition coefficient (Wildman–Crippen LogP) is 6.54. The average molecular weight is 411 g/mol. The van der Waals surface area contributed by atoms with Crippen LogP contribution in [0.5, 0.6) is 0 Å². The van der Waals surface area contributed by atoms with Gasteiger partial charge in [-0.25, -0.2) is 0 Å². The lowest BCUT2D eigenvalue weighted by Gasteiger charge is -2.28. The highest BCUT2D eigenvalue weighted by atomic mass is 15.1. The molecule has 0 bridgehead atoms. The molecular weight excluding hydrogens is 389 g/mol. The van der Waals surface area contributed by atoms with Crippen LogP contribution < -0.4 is 20.8 Å². The highest BCUT2D eigenvalue weighted by Gasteiger charge is 2.25. The van der Waals surface area contributed by atoms with E-state index in [1.54, 1.807) is 0 Å². The molecule has 0 aromatic heterocycles. The molecule has 0 fully saturated rings. The van der Waals surface area contributed by atoms with E-state index in [-0.39, 0.29) is 6.98 Å². The Morgan fingerprint density at radius 3 is 1.50 bits per heavy atom. The fourth-order valence-corrected chi connectivity index (χ4v) is 4.51. The third kappa shape index (κ3) is 3.26. The summed E-state index contributed by atoms with van der Waals surface area (Å²) < 4.78 is 0. The minimum absolute atomic E-state index is 0.0199. The van der Waals surface area contributed by atoms with Crippen molar-refractivity contribution in [3.05, 3.63) is 121 Å². The van der Waals surface area contributed by atoms with Gasteiger partial charge in [0.2, 0.25) is 0 Å². The highest BCUT2D eigenvalue weighted by molar-refractivity contribution is 6.80. The molecule has 3 nitrogen and oxygen atoms in total. The fraction of sp³-hybridized carbons (Fsp3) is 0. The third-order valence-electron chi connectivity index (χ3n) is 6.02. The first kappa shape index (κ1) is 18.6. The van der Waals surface area contributed by atoms with E-state index in [0.717, 1.165) is 17.1 Å². The quantitative estimate of drug-likeness (QED) is 0.329. The summed E-state index contributed by atoms with van der Waals surface area (Å²) >= 11 is 0. The minimum Gasteiger partial charge on any atom is -0.405 e. The van der Waals surface area contributed by atoms with Crippen LogP contribution in [0.2, 0.25) is 0 Å². The number of rotatable bonds is 4. The summed E-state index contributed by atoms with van der Waals surface area (Å²) in [6.07, 6.45) is 0. The van der Waals surface area contributed by atoms with Crippen molar-refractivity contribution < 1.29 is 0 Å². The van der Waals surface area contributed by atoms with Crippen molar-refractivity contribution in [1.82, 2.24) is 0 Å². The summed E-state index contributed by atoms with van der Waals surface area (Å²) in [4.78, 5) is 2.28. The second-order valence-electron chi connectivity index (χ2n) is 8.03. The largest absolute Gasteiger partial charge is 0.406 e. The lowest BCUT2D eigenvalue weighted by molar-refractivity contribution is 1.28. The van der Waals surface area contributed by atoms with Gasteiger partial charge in [-0.15, -0.1) is 0 Å². The van der Waals surface area contributed by atoms with Crippen molar-refractivity contribution in [1.29, 1.82) is 0 Å². The SMILES string of the molecule is c1ccc(N(c2ccccc2)c2ccc(B3Nc4cccc5cccc(c45)N3)cc2)cc1. The van der Waals surface area contributed by atoms with Crippen LogP contribution in [-0.4, -0.2) is 6.98 Å². The number of hydrogen-bond acceptors (Lipinski definition) is 3. The number of para-hydroxylation sites is 2. The molecule has 6 rings (SSSR count). The summed E-state index contributed by atoms with van der Waals surface area (Å²) in [6, 6.07) is 42.6. The standard InChI is InChI=1S/C28H22BN3/c1-3-11-23(12-4-1)32(24-13-5-2-6-14-24)25-19-17-22(18-20-25)29-30-26-15-7-9-21-10-8-16-27(31-29)28(21)26/h1-20,30-31H. The molecule has 1 heterocycles. The zero-order chi connectivity index (χ0) is 21.3. The van der Waals surface area contributed by atoms with Crippen LogP contribution >= 0.6 is 0 Å². The van der Waals surface area contributed by atoms with Crippen molar-refractivity contribution >= 4 is 51.7 Å². The Bertz CT molecular complexity index is 1290. The van der Waals surface area contributed by atoms with E-state index in [2.05, 4.69) is 137 Å². The molecular formula is C28H22BN3. The van der Waals surface area contributed by atoms with Gasteiger partial charge in [0.1, 0.15) is 0 Å². The van der Waals surface area contributed by atoms with Crippen LogP contribution in [-0.2, 0) is 0 Å². The average Bonchev–Trinajstić information content (AvgIpc) is 2.86. The Hall–Kier alpha value is -4.18. The molecule has 152 valence electrons. The molecule has 4 heteroatoms. The van der Waals surface area contributed by atoms with Crippen molar-refractivity contribution in [2.24, 2.45) is 0 Å². The zero-order valence-electron chi connectivity index (χ0n) is 17.6. The summed E-state index contributed by atoms with van der Waals surface area (Å²) in [6.45, 7) is 0.0199. The number of hydrogen-bond donors (Lipinski definition) is 2. The Morgan fingerprint density at radius 2 is 0.969 bits per heavy atom. The van der Waals surface area contributed by atoms with E-state index in [9.17, 15) is 0 Å². The minimum atomic E-state index is 0.0199. The van der Waals surface area contributed by atoms with Crippen molar-refractivity contribution in [2.75, 3.05) is 15.4 Å². The van der Waals surface area contributed by atoms with Gasteiger partial charge in [0.15, 0.2) is 0 Å². The van der Waals surface area contributed by atoms with Gasteiger partial charge < -0.3 is 15.4 Å². The van der Waals surface area contributed by atoms with E-state index >= 15 is 0 Å². The third-order valence-corrected chi connectivity index (χ3v) is 6.02. The van der Waals surface area contributed by atoms with Gasteiger partial charge in [0, 0.05) is 33.8 Å². The molecule has 0 radical (unpaired) electrons. The van der Waals surface area contributed by atoms with Crippen molar-refractivity contribution in [3.63, 3.8) is 0 Å². The molecule has 2 N–H and O–H groups in total. The lowest BCUT2D eigenvalue weighted by Crippen LogP contribution is -2.47. The van der Waals surface area contributed by atoms with Crippen LogP contribution in [0.25, 0.3) is 10.8 Å². The van der Waals surface area contributed by atoms with Gasteiger partial charge >= 0.3 is 6.98 Å². The molecule has 0 spiro atoms. The van der Waals surface area contributed by atoms with E-state index in [0.29, 0.717) is 0 Å². The molecule has 0 aliphatic carbocycles. The maximum Gasteiger partial charge on any atom is 0.406 e. The first-order valence-corrected chi connectivity index (χ1v) is 10.9. The predicted molar refractivity (Wildman–Crippen MR) is 138 cm³/mol. The Morgan fingerprint density at radius 1 is 0.469 bits per heavy atom. The number of nitrogens with one attached hydrogen (secondary N) is 2. The highest BCUT2D eigenvalue weighted by Crippen LogP contribution is 2.35. The van der Waals surface area contributed by atoms with Crippen LogP contribution in [0.4, 0.5) is 28.4 Å². The molecule has 5 aromatic carbocycles. The smallest absolute Gasteiger partial charge is 0.405 e. The van der Waals surface area contributed by atoms with Crippen molar-refractivity contribution in [3.8, 4) is 0 Å². The van der Waals surface area contributed by atoms with E-state index in [1.807, 2.05) is 0 Å². The number of anilines is 5. The molecule has 0 amide bonds. The molecule has 0 atom stereocenters. The van der Waals surface area contributed by atoms with E-state index < -0.39 is 0 Å². The van der Waals surface area contributed by atoms with Gasteiger partial charge in [-0.2, -0.15) is 0 Å². The molecule has 5 aromatic rings. The topological polar surface area (TPSA) is 27.3 Å². The maximum atomic E-state index is 3.66. The van der Waals surface area contributed by atoms with Crippen LogP contribution in [0.3, 0.4) is 0 Å². The molecule has 1 aliphatic heterocycles. The second kappa shape index (κ2) is 7.82. The zero-order valence-corrected chi connectivity index (χ0v) is 17.6. The van der Waals surface area contributed by atoms with Gasteiger partial charge in [-0.1, -0.05) is 72.8 Å². The van der Waals surface area contributed by atoms with Gasteiger partial charge in [0.25, 0.3) is 0 Å². The van der Waals surface area contributed by atoms with E-state index in [1.165, 1.54) is 27.6 Å². The normalized spacial score (nSPS) is 12.2. The van der Waals surface area contributed by atoms with Crippen molar-refractivity contribution in [2.45, 2.75) is 0 Å². The second-order valence-corrected chi connectivity index (χ2v) is 8.03. The van der Waals surface area contributed by atoms with Crippen LogP contribution in [0.1, 0.15) is 0 Å². The Balaban J connectivity index is 1.35. The Kier molecular flexibility index (Phi) is 4.54. The molecule has 0 saturated carbocycles. The first-order valence-electron chi connectivity index (χ1n) is 10.9. The maximum absolute atomic E-state index is 3.66. The summed E-state index contributed by atoms with van der Waals surface area (Å²) in [7, 11) is 0. The molecule has 0 saturated heterocycles. The Labute approximate surface area is 188 Å². The fourth-order valence-electron chi connectivity index (χ4n) is 4.51. The summed E-state index contributed by atoms with van der Waals surface area (Å²) in [5.41, 5.74) is 6.94. The van der Waals surface area contributed by atoms with Gasteiger partial charge in [0.05, 0.1) is 0 Å². The van der Waals surface area contributed by atoms with Gasteiger partial charge in [-0.05, 0) is 59.4 Å². The van der Waals surface area contributed by atoms with Gasteiger partial charge in [-0.3, -0.25) is 0 Å². The lowest BCUT2D eigenvalue weighted by atomic mass is 9.66. The van der Waals surface area contributed by atoms with Crippen LogP contribution in [0, 0.1) is 0 Å². The van der Waals surface area contributed by atoms with Crippen LogP contribution in [0.15, 0.2) is 121 Å². The summed E-state index contributed by atoms with van der Waals surface area (Å²) in [5.74, 6) is 0.